The van der Waals surface area contributed by atoms with Crippen molar-refractivity contribution in [1.29, 1.82) is 0 Å². The summed E-state index contributed by atoms with van der Waals surface area (Å²) < 4.78 is 5.73. The highest BCUT2D eigenvalue weighted by molar-refractivity contribution is 6.30. The molecule has 1 aromatic carbocycles. The van der Waals surface area contributed by atoms with Gasteiger partial charge < -0.3 is 10.5 Å². The van der Waals surface area contributed by atoms with Gasteiger partial charge in [0.2, 0.25) is 0 Å². The van der Waals surface area contributed by atoms with Crippen LogP contribution < -0.4 is 10.5 Å². The van der Waals surface area contributed by atoms with Crippen molar-refractivity contribution in [2.75, 3.05) is 19.7 Å². The normalized spacial score (nSPS) is 21.6. The first-order valence-electron chi connectivity index (χ1n) is 7.55. The first kappa shape index (κ1) is 15.6. The molecule has 112 valence electrons. The Kier molecular flexibility index (Phi) is 6.14. The third kappa shape index (κ3) is 4.65. The van der Waals surface area contributed by atoms with Gasteiger partial charge in [0, 0.05) is 23.7 Å². The molecule has 2 rings (SSSR count). The van der Waals surface area contributed by atoms with Gasteiger partial charge in [0.15, 0.2) is 0 Å². The first-order valence-corrected chi connectivity index (χ1v) is 7.92. The Morgan fingerprint density at radius 1 is 1.35 bits per heavy atom. The molecule has 1 heterocycles. The molecular weight excluding hydrogens is 272 g/mol. The van der Waals surface area contributed by atoms with Crippen LogP contribution in [0.15, 0.2) is 24.3 Å². The van der Waals surface area contributed by atoms with E-state index in [9.17, 15) is 0 Å². The summed E-state index contributed by atoms with van der Waals surface area (Å²) in [5.74, 6) is 0.886. The fourth-order valence-electron chi connectivity index (χ4n) is 2.88. The second-order valence-corrected chi connectivity index (χ2v) is 6.05. The maximum absolute atomic E-state index is 6.08. The minimum atomic E-state index is 0.257. The molecule has 0 aliphatic carbocycles. The van der Waals surface area contributed by atoms with E-state index < -0.39 is 0 Å². The molecule has 0 saturated carbocycles. The van der Waals surface area contributed by atoms with Gasteiger partial charge in [-0.25, -0.2) is 0 Å². The van der Waals surface area contributed by atoms with Crippen LogP contribution in [0.2, 0.25) is 5.02 Å². The zero-order chi connectivity index (χ0) is 14.4. The number of ether oxygens (including phenoxy) is 1. The molecular formula is C16H25ClN2O. The van der Waals surface area contributed by atoms with Crippen LogP contribution in [0.1, 0.15) is 32.6 Å². The van der Waals surface area contributed by atoms with Crippen LogP contribution in [0.25, 0.3) is 0 Å². The number of piperidine rings is 1. The van der Waals surface area contributed by atoms with Crippen molar-refractivity contribution < 1.29 is 4.74 Å². The highest BCUT2D eigenvalue weighted by Gasteiger charge is 2.24. The van der Waals surface area contributed by atoms with Gasteiger partial charge in [-0.3, -0.25) is 4.90 Å². The van der Waals surface area contributed by atoms with Crippen LogP contribution in [0.4, 0.5) is 0 Å². The number of nitrogens with zero attached hydrogens (tertiary/aromatic N) is 1. The molecule has 1 aliphatic rings. The molecule has 1 saturated heterocycles. The van der Waals surface area contributed by atoms with Gasteiger partial charge >= 0.3 is 0 Å². The lowest BCUT2D eigenvalue weighted by molar-refractivity contribution is 0.122. The molecule has 1 aliphatic heterocycles. The van der Waals surface area contributed by atoms with Gasteiger partial charge in [0.05, 0.1) is 6.61 Å². The van der Waals surface area contributed by atoms with E-state index in [4.69, 9.17) is 22.1 Å². The number of hydrogen-bond donors (Lipinski definition) is 1. The van der Waals surface area contributed by atoms with Crippen LogP contribution in [-0.4, -0.2) is 36.7 Å². The SMILES string of the molecule is CC(N)C1CCCCN1CCCOc1ccc(Cl)cc1. The fourth-order valence-corrected chi connectivity index (χ4v) is 3.00. The molecule has 2 atom stereocenters. The van der Waals surface area contributed by atoms with Crippen LogP contribution in [0.5, 0.6) is 5.75 Å². The number of nitrogens with two attached hydrogens (primary N) is 1. The van der Waals surface area contributed by atoms with E-state index in [1.807, 2.05) is 24.3 Å². The quantitative estimate of drug-likeness (QED) is 0.819. The highest BCUT2D eigenvalue weighted by atomic mass is 35.5. The van der Waals surface area contributed by atoms with Gasteiger partial charge in [-0.2, -0.15) is 0 Å². The van der Waals surface area contributed by atoms with Crippen LogP contribution in [-0.2, 0) is 0 Å². The number of benzene rings is 1. The summed E-state index contributed by atoms with van der Waals surface area (Å²) in [7, 11) is 0. The summed E-state index contributed by atoms with van der Waals surface area (Å²) in [6.45, 7) is 5.10. The topological polar surface area (TPSA) is 38.5 Å². The minimum Gasteiger partial charge on any atom is -0.494 e. The molecule has 4 heteroatoms. The molecule has 2 unspecified atom stereocenters. The lowest BCUT2D eigenvalue weighted by Crippen LogP contribution is -2.49. The van der Waals surface area contributed by atoms with Gasteiger partial charge in [0.1, 0.15) is 5.75 Å². The van der Waals surface area contributed by atoms with Gasteiger partial charge in [-0.1, -0.05) is 18.0 Å². The van der Waals surface area contributed by atoms with Crippen LogP contribution >= 0.6 is 11.6 Å². The fraction of sp³-hybridized carbons (Fsp3) is 0.625. The van der Waals surface area contributed by atoms with Crippen molar-refractivity contribution in [2.24, 2.45) is 5.73 Å². The zero-order valence-electron chi connectivity index (χ0n) is 12.2. The Labute approximate surface area is 127 Å². The predicted molar refractivity (Wildman–Crippen MR) is 84.4 cm³/mol. The molecule has 3 nitrogen and oxygen atoms in total. The molecule has 0 aromatic heterocycles. The van der Waals surface area contributed by atoms with E-state index in [1.165, 1.54) is 25.8 Å². The number of rotatable bonds is 6. The van der Waals surface area contributed by atoms with Crippen molar-refractivity contribution in [1.82, 2.24) is 4.90 Å². The largest absolute Gasteiger partial charge is 0.494 e. The van der Waals surface area contributed by atoms with Crippen molar-refractivity contribution in [3.63, 3.8) is 0 Å². The summed E-state index contributed by atoms with van der Waals surface area (Å²) in [6.07, 6.45) is 4.87. The van der Waals surface area contributed by atoms with Crippen molar-refractivity contribution in [2.45, 2.75) is 44.7 Å². The Morgan fingerprint density at radius 3 is 2.80 bits per heavy atom. The van der Waals surface area contributed by atoms with Crippen molar-refractivity contribution in [3.8, 4) is 5.75 Å². The second-order valence-electron chi connectivity index (χ2n) is 5.61. The molecule has 20 heavy (non-hydrogen) atoms. The Balaban J connectivity index is 1.70. The van der Waals surface area contributed by atoms with Crippen molar-refractivity contribution in [3.05, 3.63) is 29.3 Å². The molecule has 0 amide bonds. The number of likely N-dealkylation sites (tertiary alicyclic amines) is 1. The lowest BCUT2D eigenvalue weighted by atomic mass is 9.97. The molecule has 0 spiro atoms. The summed E-state index contributed by atoms with van der Waals surface area (Å²) in [6, 6.07) is 8.33. The van der Waals surface area contributed by atoms with Gasteiger partial charge in [-0.05, 0) is 57.0 Å². The Bertz CT molecular complexity index is 394. The van der Waals surface area contributed by atoms with E-state index in [2.05, 4.69) is 11.8 Å². The zero-order valence-corrected chi connectivity index (χ0v) is 13.0. The van der Waals surface area contributed by atoms with E-state index in [-0.39, 0.29) is 6.04 Å². The Morgan fingerprint density at radius 2 is 2.10 bits per heavy atom. The third-order valence-electron chi connectivity index (χ3n) is 3.94. The molecule has 1 fully saturated rings. The van der Waals surface area contributed by atoms with E-state index in [1.54, 1.807) is 0 Å². The monoisotopic (exact) mass is 296 g/mol. The molecule has 0 bridgehead atoms. The third-order valence-corrected chi connectivity index (χ3v) is 4.20. The smallest absolute Gasteiger partial charge is 0.119 e. The summed E-state index contributed by atoms with van der Waals surface area (Å²) in [5, 5.41) is 0.741. The van der Waals surface area contributed by atoms with Gasteiger partial charge in [0.25, 0.3) is 0 Å². The lowest BCUT2D eigenvalue weighted by Gasteiger charge is -2.38. The average molecular weight is 297 g/mol. The molecule has 0 radical (unpaired) electrons. The summed E-state index contributed by atoms with van der Waals surface area (Å²) in [4.78, 5) is 2.53. The minimum absolute atomic E-state index is 0.257. The maximum atomic E-state index is 6.08. The highest BCUT2D eigenvalue weighted by Crippen LogP contribution is 2.19. The molecule has 2 N–H and O–H groups in total. The standard InChI is InChI=1S/C16H25ClN2O/c1-13(18)16-5-2-3-10-19(16)11-4-12-20-15-8-6-14(17)7-9-15/h6-9,13,16H,2-5,10-12,18H2,1H3. The van der Waals surface area contributed by atoms with E-state index >= 15 is 0 Å². The van der Waals surface area contributed by atoms with E-state index in [0.29, 0.717) is 6.04 Å². The maximum Gasteiger partial charge on any atom is 0.119 e. The average Bonchev–Trinajstić information content (AvgIpc) is 2.46. The van der Waals surface area contributed by atoms with E-state index in [0.717, 1.165) is 30.3 Å². The van der Waals surface area contributed by atoms with Gasteiger partial charge in [-0.15, -0.1) is 0 Å². The Hall–Kier alpha value is -0.770. The molecule has 1 aromatic rings. The van der Waals surface area contributed by atoms with Crippen LogP contribution in [0.3, 0.4) is 0 Å². The predicted octanol–water partition coefficient (Wildman–Crippen LogP) is 3.31. The van der Waals surface area contributed by atoms with Crippen LogP contribution in [0, 0.1) is 0 Å². The van der Waals surface area contributed by atoms with Crippen molar-refractivity contribution >= 4 is 11.6 Å². The summed E-state index contributed by atoms with van der Waals surface area (Å²) in [5.41, 5.74) is 6.08. The summed E-state index contributed by atoms with van der Waals surface area (Å²) >= 11 is 5.85. The first-order chi connectivity index (χ1) is 9.66. The number of hydrogen-bond acceptors (Lipinski definition) is 3. The number of halogens is 1. The second kappa shape index (κ2) is 7.87.